The third-order valence-corrected chi connectivity index (χ3v) is 2.22. The molecule has 84 valence electrons. The average molecular weight is 236 g/mol. The van der Waals surface area contributed by atoms with E-state index in [4.69, 9.17) is 5.73 Å². The third-order valence-electron chi connectivity index (χ3n) is 2.22. The number of hydrogen-bond donors (Lipinski definition) is 2. The van der Waals surface area contributed by atoms with Crippen molar-refractivity contribution in [3.63, 3.8) is 0 Å². The van der Waals surface area contributed by atoms with Crippen molar-refractivity contribution in [3.8, 4) is 0 Å². The molecule has 2 rings (SSSR count). The average Bonchev–Trinajstić information content (AvgIpc) is 2.29. The highest BCUT2D eigenvalue weighted by Crippen LogP contribution is 2.18. The Kier molecular flexibility index (Phi) is 4.28. The Morgan fingerprint density at radius 2 is 1.81 bits per heavy atom. The summed E-state index contributed by atoms with van der Waals surface area (Å²) in [5, 5.41) is 4.98. The van der Waals surface area contributed by atoms with Crippen molar-refractivity contribution < 1.29 is 17.2 Å². The van der Waals surface area contributed by atoms with Gasteiger partial charge < -0.3 is 23.5 Å². The van der Waals surface area contributed by atoms with Crippen LogP contribution in [0.4, 0.5) is 5.69 Å². The Morgan fingerprint density at radius 1 is 1.12 bits per heavy atom. The number of rotatable bonds is 2. The molecular formula is C12H12ClN2O-. The third kappa shape index (κ3) is 2.72. The summed E-state index contributed by atoms with van der Waals surface area (Å²) in [6, 6.07) is 13.8. The summed E-state index contributed by atoms with van der Waals surface area (Å²) in [6.07, 6.45) is 0. The summed E-state index contributed by atoms with van der Waals surface area (Å²) >= 11 is 0. The first-order valence-corrected chi connectivity index (χ1v) is 4.78. The molecule has 0 aliphatic heterocycles. The lowest BCUT2D eigenvalue weighted by atomic mass is 10.1. The highest BCUT2D eigenvalue weighted by atomic mass is 35.5. The highest BCUT2D eigenvalue weighted by molar-refractivity contribution is 5.95. The van der Waals surface area contributed by atoms with Crippen LogP contribution in [0.3, 0.4) is 0 Å². The number of fused-ring (bicyclic) bond motifs is 1. The fourth-order valence-electron chi connectivity index (χ4n) is 1.48. The molecule has 0 heterocycles. The van der Waals surface area contributed by atoms with Gasteiger partial charge in [0.15, 0.2) is 0 Å². The van der Waals surface area contributed by atoms with Crippen molar-refractivity contribution >= 4 is 22.4 Å². The Hall–Kier alpha value is -1.58. The fraction of sp³-hybridized carbons (Fsp3) is 0.0833. The van der Waals surface area contributed by atoms with Crippen LogP contribution in [0.1, 0.15) is 0 Å². The quantitative estimate of drug-likeness (QED) is 0.683. The number of anilines is 1. The molecule has 0 saturated heterocycles. The monoisotopic (exact) mass is 235 g/mol. The van der Waals surface area contributed by atoms with Gasteiger partial charge in [-0.05, 0) is 22.9 Å². The van der Waals surface area contributed by atoms with E-state index < -0.39 is 0 Å². The summed E-state index contributed by atoms with van der Waals surface area (Å²) in [4.78, 5) is 11.1. The van der Waals surface area contributed by atoms with E-state index in [0.717, 1.165) is 16.5 Å². The van der Waals surface area contributed by atoms with Crippen LogP contribution >= 0.6 is 0 Å². The molecule has 3 nitrogen and oxygen atoms in total. The summed E-state index contributed by atoms with van der Waals surface area (Å²) in [7, 11) is 0. The van der Waals surface area contributed by atoms with E-state index in [-0.39, 0.29) is 24.9 Å². The van der Waals surface area contributed by atoms with Crippen LogP contribution in [0.15, 0.2) is 42.5 Å². The van der Waals surface area contributed by atoms with Crippen LogP contribution < -0.4 is 23.5 Å². The Morgan fingerprint density at radius 3 is 2.50 bits per heavy atom. The molecule has 0 aliphatic rings. The number of nitrogens with two attached hydrogens (primary N) is 1. The van der Waals surface area contributed by atoms with Crippen molar-refractivity contribution in [1.29, 1.82) is 0 Å². The topological polar surface area (TPSA) is 55.1 Å². The van der Waals surface area contributed by atoms with Gasteiger partial charge in [-0.1, -0.05) is 30.3 Å². The molecule has 16 heavy (non-hydrogen) atoms. The van der Waals surface area contributed by atoms with Crippen molar-refractivity contribution in [2.45, 2.75) is 0 Å². The molecule has 0 aromatic heterocycles. The zero-order chi connectivity index (χ0) is 10.7. The van der Waals surface area contributed by atoms with E-state index in [1.165, 1.54) is 0 Å². The largest absolute Gasteiger partial charge is 1.00 e. The minimum atomic E-state index is -0.176. The number of nitrogens with one attached hydrogen (secondary N) is 1. The molecule has 0 radical (unpaired) electrons. The normalized spacial score (nSPS) is 9.56. The number of carbonyl (C=O) groups is 1. The molecule has 2 aromatic rings. The van der Waals surface area contributed by atoms with Gasteiger partial charge in [0.1, 0.15) is 0 Å². The minimum Gasteiger partial charge on any atom is -1.00 e. The summed E-state index contributed by atoms with van der Waals surface area (Å²) in [5.41, 5.74) is 6.00. The smallest absolute Gasteiger partial charge is 0.238 e. The van der Waals surface area contributed by atoms with Gasteiger partial charge >= 0.3 is 0 Å². The molecule has 0 spiro atoms. The number of halogens is 1. The summed E-state index contributed by atoms with van der Waals surface area (Å²) < 4.78 is 0. The van der Waals surface area contributed by atoms with E-state index in [9.17, 15) is 4.79 Å². The zero-order valence-electron chi connectivity index (χ0n) is 8.61. The van der Waals surface area contributed by atoms with Crippen molar-refractivity contribution in [2.24, 2.45) is 5.73 Å². The Balaban J connectivity index is 0.00000128. The number of benzene rings is 2. The van der Waals surface area contributed by atoms with Gasteiger partial charge in [-0.15, -0.1) is 0 Å². The highest BCUT2D eigenvalue weighted by Gasteiger charge is 1.99. The molecule has 4 heteroatoms. The molecule has 1 amide bonds. The number of carbonyl (C=O) groups excluding carboxylic acids is 1. The van der Waals surface area contributed by atoms with E-state index in [1.807, 2.05) is 42.5 Å². The van der Waals surface area contributed by atoms with Gasteiger partial charge in [0.25, 0.3) is 0 Å². The predicted octanol–water partition coefficient (Wildman–Crippen LogP) is -1.26. The second-order valence-corrected chi connectivity index (χ2v) is 3.31. The SMILES string of the molecule is NCC(=O)Nc1ccc2ccccc2c1.[Cl-]. The summed E-state index contributed by atoms with van der Waals surface area (Å²) in [6.45, 7) is 0.00677. The van der Waals surface area contributed by atoms with Crippen LogP contribution in [-0.4, -0.2) is 12.5 Å². The number of hydrogen-bond acceptors (Lipinski definition) is 2. The zero-order valence-corrected chi connectivity index (χ0v) is 9.37. The van der Waals surface area contributed by atoms with Gasteiger partial charge in [0.05, 0.1) is 6.54 Å². The van der Waals surface area contributed by atoms with Crippen LogP contribution in [-0.2, 0) is 4.79 Å². The molecule has 2 aromatic carbocycles. The number of amides is 1. The summed E-state index contributed by atoms with van der Waals surface area (Å²) in [5.74, 6) is -0.176. The van der Waals surface area contributed by atoms with Gasteiger partial charge in [0, 0.05) is 5.69 Å². The van der Waals surface area contributed by atoms with Crippen LogP contribution in [0.25, 0.3) is 10.8 Å². The van der Waals surface area contributed by atoms with Gasteiger partial charge in [-0.2, -0.15) is 0 Å². The fourth-order valence-corrected chi connectivity index (χ4v) is 1.48. The maximum atomic E-state index is 11.1. The molecule has 0 saturated carbocycles. The van der Waals surface area contributed by atoms with E-state index >= 15 is 0 Å². The molecule has 0 bridgehead atoms. The van der Waals surface area contributed by atoms with Crippen LogP contribution in [0.2, 0.25) is 0 Å². The second kappa shape index (κ2) is 5.49. The first-order chi connectivity index (χ1) is 7.29. The molecule has 3 N–H and O–H groups in total. The van der Waals surface area contributed by atoms with Crippen molar-refractivity contribution in [3.05, 3.63) is 42.5 Å². The Bertz CT molecular complexity index is 499. The van der Waals surface area contributed by atoms with Gasteiger partial charge in [-0.25, -0.2) is 0 Å². The molecule has 0 fully saturated rings. The van der Waals surface area contributed by atoms with Gasteiger partial charge in [0.2, 0.25) is 5.91 Å². The molecule has 0 atom stereocenters. The first kappa shape index (κ1) is 12.5. The lowest BCUT2D eigenvalue weighted by Gasteiger charge is -2.04. The lowest BCUT2D eigenvalue weighted by molar-refractivity contribution is -0.114. The Labute approximate surface area is 100 Å². The maximum Gasteiger partial charge on any atom is 0.238 e. The standard InChI is InChI=1S/C12H12N2O.ClH/c13-8-12(15)14-11-6-5-9-3-1-2-4-10(9)7-11;/h1-7H,8,13H2,(H,14,15);1H/p-1. The maximum absolute atomic E-state index is 11.1. The predicted molar refractivity (Wildman–Crippen MR) is 61.6 cm³/mol. The molecule has 0 unspecified atom stereocenters. The van der Waals surface area contributed by atoms with E-state index in [2.05, 4.69) is 5.32 Å². The lowest BCUT2D eigenvalue weighted by Crippen LogP contribution is -3.00. The minimum absolute atomic E-state index is 0. The van der Waals surface area contributed by atoms with Crippen LogP contribution in [0, 0.1) is 0 Å². The second-order valence-electron chi connectivity index (χ2n) is 3.31. The van der Waals surface area contributed by atoms with Crippen molar-refractivity contribution in [2.75, 3.05) is 11.9 Å². The van der Waals surface area contributed by atoms with Crippen molar-refractivity contribution in [1.82, 2.24) is 0 Å². The van der Waals surface area contributed by atoms with E-state index in [1.54, 1.807) is 0 Å². The van der Waals surface area contributed by atoms with Gasteiger partial charge in [-0.3, -0.25) is 4.79 Å². The molecular weight excluding hydrogens is 224 g/mol. The van der Waals surface area contributed by atoms with E-state index in [0.29, 0.717) is 0 Å². The molecule has 0 aliphatic carbocycles. The first-order valence-electron chi connectivity index (χ1n) is 4.78. The van der Waals surface area contributed by atoms with Crippen LogP contribution in [0.5, 0.6) is 0 Å².